The quantitative estimate of drug-likeness (QED) is 0.811. The predicted molar refractivity (Wildman–Crippen MR) is 99.7 cm³/mol. The van der Waals surface area contributed by atoms with Crippen LogP contribution < -0.4 is 10.6 Å². The Morgan fingerprint density at radius 2 is 2.32 bits per heavy atom. The first-order chi connectivity index (χ1) is 12.2. The van der Waals surface area contributed by atoms with E-state index in [-0.39, 0.29) is 11.9 Å². The average Bonchev–Trinajstić information content (AvgIpc) is 2.62. The highest BCUT2D eigenvalue weighted by Crippen LogP contribution is 2.20. The summed E-state index contributed by atoms with van der Waals surface area (Å²) in [5, 5.41) is 7.23. The third-order valence-electron chi connectivity index (χ3n) is 4.99. The summed E-state index contributed by atoms with van der Waals surface area (Å²) in [5.41, 5.74) is 1.23. The fourth-order valence-electron chi connectivity index (χ4n) is 3.65. The van der Waals surface area contributed by atoms with Crippen molar-refractivity contribution in [3.05, 3.63) is 34.9 Å². The van der Waals surface area contributed by atoms with E-state index in [0.29, 0.717) is 25.6 Å². The highest BCUT2D eigenvalue weighted by molar-refractivity contribution is 6.30. The number of ether oxygens (including phenoxy) is 1. The molecular weight excluding hydrogens is 338 g/mol. The minimum absolute atomic E-state index is 0.108. The number of hydrogen-bond acceptors (Lipinski definition) is 4. The summed E-state index contributed by atoms with van der Waals surface area (Å²) in [6, 6.07) is 8.58. The first-order valence-electron chi connectivity index (χ1n) is 9.27. The van der Waals surface area contributed by atoms with Crippen LogP contribution in [0.15, 0.2) is 24.3 Å². The number of benzene rings is 1. The van der Waals surface area contributed by atoms with Crippen LogP contribution >= 0.6 is 11.6 Å². The molecular formula is C19H28ClN3O2. The molecule has 3 rings (SSSR count). The maximum atomic E-state index is 12.2. The van der Waals surface area contributed by atoms with E-state index in [9.17, 15) is 4.79 Å². The molecule has 2 fully saturated rings. The Labute approximate surface area is 155 Å². The van der Waals surface area contributed by atoms with E-state index in [2.05, 4.69) is 21.6 Å². The van der Waals surface area contributed by atoms with Crippen molar-refractivity contribution in [2.24, 2.45) is 0 Å². The maximum absolute atomic E-state index is 12.2. The summed E-state index contributed by atoms with van der Waals surface area (Å²) in [6.07, 6.45) is 4.06. The van der Waals surface area contributed by atoms with Crippen LogP contribution in [-0.2, 0) is 16.1 Å². The number of nitrogens with zero attached hydrogens (tertiary/aromatic N) is 1. The molecule has 0 aromatic heterocycles. The molecule has 0 bridgehead atoms. The second kappa shape index (κ2) is 9.53. The van der Waals surface area contributed by atoms with Gasteiger partial charge >= 0.3 is 0 Å². The molecule has 0 saturated carbocycles. The number of piperidine rings is 1. The zero-order chi connectivity index (χ0) is 17.5. The van der Waals surface area contributed by atoms with Crippen molar-refractivity contribution < 1.29 is 9.53 Å². The molecule has 1 amide bonds. The number of halogens is 1. The Balaban J connectivity index is 1.48. The van der Waals surface area contributed by atoms with Crippen LogP contribution in [0, 0.1) is 0 Å². The molecule has 2 heterocycles. The molecule has 0 radical (unpaired) electrons. The molecule has 2 aliphatic rings. The van der Waals surface area contributed by atoms with Crippen molar-refractivity contribution in [3.63, 3.8) is 0 Å². The van der Waals surface area contributed by atoms with Gasteiger partial charge in [0.15, 0.2) is 0 Å². The Morgan fingerprint density at radius 3 is 3.12 bits per heavy atom. The first-order valence-corrected chi connectivity index (χ1v) is 9.65. The van der Waals surface area contributed by atoms with E-state index >= 15 is 0 Å². The SMILES string of the molecule is O=C(CC1COCCN1)NCC1CCCCN1Cc1cccc(Cl)c1. The lowest BCUT2D eigenvalue weighted by atomic mass is 10.0. The maximum Gasteiger partial charge on any atom is 0.221 e. The Morgan fingerprint density at radius 1 is 1.40 bits per heavy atom. The summed E-state index contributed by atoms with van der Waals surface area (Å²) in [5.74, 6) is 0.108. The van der Waals surface area contributed by atoms with Gasteiger partial charge in [-0.1, -0.05) is 30.2 Å². The van der Waals surface area contributed by atoms with Gasteiger partial charge in [0, 0.05) is 43.2 Å². The molecule has 2 atom stereocenters. The lowest BCUT2D eigenvalue weighted by Gasteiger charge is -2.36. The van der Waals surface area contributed by atoms with E-state index in [1.165, 1.54) is 18.4 Å². The molecule has 1 aromatic rings. The molecule has 25 heavy (non-hydrogen) atoms. The third-order valence-corrected chi connectivity index (χ3v) is 5.22. The second-order valence-electron chi connectivity index (χ2n) is 6.98. The smallest absolute Gasteiger partial charge is 0.221 e. The van der Waals surface area contributed by atoms with Gasteiger partial charge in [-0.2, -0.15) is 0 Å². The van der Waals surface area contributed by atoms with Gasteiger partial charge in [0.25, 0.3) is 0 Å². The van der Waals surface area contributed by atoms with E-state index in [0.717, 1.165) is 37.7 Å². The highest BCUT2D eigenvalue weighted by Gasteiger charge is 2.24. The van der Waals surface area contributed by atoms with Crippen molar-refractivity contribution in [2.75, 3.05) is 32.8 Å². The summed E-state index contributed by atoms with van der Waals surface area (Å²) < 4.78 is 5.41. The van der Waals surface area contributed by atoms with Gasteiger partial charge in [-0.05, 0) is 37.1 Å². The van der Waals surface area contributed by atoms with Gasteiger partial charge in [0.05, 0.1) is 13.2 Å². The van der Waals surface area contributed by atoms with E-state index in [1.807, 2.05) is 18.2 Å². The van der Waals surface area contributed by atoms with Gasteiger partial charge in [0.1, 0.15) is 0 Å². The van der Waals surface area contributed by atoms with Crippen LogP contribution in [0.4, 0.5) is 0 Å². The van der Waals surface area contributed by atoms with Crippen LogP contribution in [-0.4, -0.2) is 55.7 Å². The summed E-state index contributed by atoms with van der Waals surface area (Å²) in [7, 11) is 0. The fourth-order valence-corrected chi connectivity index (χ4v) is 3.86. The van der Waals surface area contributed by atoms with Crippen molar-refractivity contribution >= 4 is 17.5 Å². The number of carbonyl (C=O) groups is 1. The minimum atomic E-state index is 0.108. The van der Waals surface area contributed by atoms with Crippen LogP contribution in [0.1, 0.15) is 31.2 Å². The molecule has 2 N–H and O–H groups in total. The molecule has 2 unspecified atom stereocenters. The van der Waals surface area contributed by atoms with E-state index < -0.39 is 0 Å². The average molecular weight is 366 g/mol. The minimum Gasteiger partial charge on any atom is -0.378 e. The van der Waals surface area contributed by atoms with Gasteiger partial charge in [0.2, 0.25) is 5.91 Å². The van der Waals surface area contributed by atoms with Crippen LogP contribution in [0.2, 0.25) is 5.02 Å². The van der Waals surface area contributed by atoms with Crippen LogP contribution in [0.5, 0.6) is 0 Å². The normalized spacial score (nSPS) is 24.8. The Bertz CT molecular complexity index is 563. The molecule has 0 spiro atoms. The van der Waals surface area contributed by atoms with Gasteiger partial charge in [-0.3, -0.25) is 9.69 Å². The molecule has 6 heteroatoms. The first kappa shape index (κ1) is 18.6. The van der Waals surface area contributed by atoms with Gasteiger partial charge in [-0.25, -0.2) is 0 Å². The second-order valence-corrected chi connectivity index (χ2v) is 7.42. The monoisotopic (exact) mass is 365 g/mol. The Kier molecular flexibility index (Phi) is 7.11. The summed E-state index contributed by atoms with van der Waals surface area (Å²) >= 11 is 6.10. The molecule has 5 nitrogen and oxygen atoms in total. The van der Waals surface area contributed by atoms with Crippen LogP contribution in [0.25, 0.3) is 0 Å². The third kappa shape index (κ3) is 5.96. The number of likely N-dealkylation sites (tertiary alicyclic amines) is 1. The lowest BCUT2D eigenvalue weighted by molar-refractivity contribution is -0.122. The van der Waals surface area contributed by atoms with Gasteiger partial charge in [-0.15, -0.1) is 0 Å². The topological polar surface area (TPSA) is 53.6 Å². The van der Waals surface area contributed by atoms with Crippen molar-refractivity contribution in [2.45, 2.75) is 44.3 Å². The number of carbonyl (C=O) groups excluding carboxylic acids is 1. The number of morpholine rings is 1. The standard InChI is InChI=1S/C19H28ClN3O2/c20-16-5-3-4-15(10-16)13-23-8-2-1-6-18(23)12-22-19(24)11-17-14-25-9-7-21-17/h3-5,10,17-18,21H,1-2,6-9,11-14H2,(H,22,24). The molecule has 1 aromatic carbocycles. The van der Waals surface area contributed by atoms with Crippen molar-refractivity contribution in [3.8, 4) is 0 Å². The van der Waals surface area contributed by atoms with Crippen molar-refractivity contribution in [1.29, 1.82) is 0 Å². The predicted octanol–water partition coefficient (Wildman–Crippen LogP) is 2.19. The number of hydrogen-bond donors (Lipinski definition) is 2. The van der Waals surface area contributed by atoms with E-state index in [4.69, 9.17) is 16.3 Å². The fraction of sp³-hybridized carbons (Fsp3) is 0.632. The van der Waals surface area contributed by atoms with Gasteiger partial charge < -0.3 is 15.4 Å². The largest absolute Gasteiger partial charge is 0.378 e. The van der Waals surface area contributed by atoms with Crippen LogP contribution in [0.3, 0.4) is 0 Å². The van der Waals surface area contributed by atoms with E-state index in [1.54, 1.807) is 0 Å². The molecule has 2 saturated heterocycles. The zero-order valence-electron chi connectivity index (χ0n) is 14.7. The van der Waals surface area contributed by atoms with Crippen molar-refractivity contribution in [1.82, 2.24) is 15.5 Å². The molecule has 0 aliphatic carbocycles. The summed E-state index contributed by atoms with van der Waals surface area (Å²) in [6.45, 7) is 4.86. The summed E-state index contributed by atoms with van der Waals surface area (Å²) in [4.78, 5) is 14.7. The zero-order valence-corrected chi connectivity index (χ0v) is 15.4. The number of rotatable bonds is 6. The molecule has 2 aliphatic heterocycles. The highest BCUT2D eigenvalue weighted by atomic mass is 35.5. The molecule has 138 valence electrons. The number of nitrogens with one attached hydrogen (secondary N) is 2. The lowest BCUT2D eigenvalue weighted by Crippen LogP contribution is -2.48. The Hall–Kier alpha value is -1.14. The number of amides is 1.